The van der Waals surface area contributed by atoms with Crippen LogP contribution in [0.1, 0.15) is 18.9 Å². The van der Waals surface area contributed by atoms with Gasteiger partial charge in [-0.2, -0.15) is 0 Å². The molecule has 1 aliphatic heterocycles. The Kier molecular flexibility index (Phi) is 3.01. The fourth-order valence-corrected chi connectivity index (χ4v) is 2.74. The van der Waals surface area contributed by atoms with Crippen LogP contribution in [0.5, 0.6) is 5.75 Å². The molecule has 2 amide bonds. The van der Waals surface area contributed by atoms with Crippen LogP contribution in [0, 0.1) is 0 Å². The molecule has 1 unspecified atom stereocenters. The molecule has 1 saturated heterocycles. The SMILES string of the molecule is CC1(c2ccccc2)CC(=O)N(c2cccc(O)c2)C1=O. The number of hydrogen-bond acceptors (Lipinski definition) is 3. The Morgan fingerprint density at radius 3 is 2.43 bits per heavy atom. The number of hydrogen-bond donors (Lipinski definition) is 1. The van der Waals surface area contributed by atoms with E-state index in [9.17, 15) is 14.7 Å². The van der Waals surface area contributed by atoms with Crippen molar-refractivity contribution in [2.24, 2.45) is 0 Å². The summed E-state index contributed by atoms with van der Waals surface area (Å²) in [5.74, 6) is -0.484. The van der Waals surface area contributed by atoms with Crippen molar-refractivity contribution in [3.8, 4) is 5.75 Å². The third-order valence-corrected chi connectivity index (χ3v) is 3.93. The zero-order valence-electron chi connectivity index (χ0n) is 11.6. The summed E-state index contributed by atoms with van der Waals surface area (Å²) >= 11 is 0. The molecule has 21 heavy (non-hydrogen) atoms. The number of carbonyl (C=O) groups excluding carboxylic acids is 2. The number of aromatic hydroxyl groups is 1. The van der Waals surface area contributed by atoms with E-state index >= 15 is 0 Å². The Bertz CT molecular complexity index is 711. The second kappa shape index (κ2) is 4.74. The van der Waals surface area contributed by atoms with Crippen molar-refractivity contribution >= 4 is 17.5 Å². The van der Waals surface area contributed by atoms with Crippen LogP contribution in [-0.2, 0) is 15.0 Å². The maximum Gasteiger partial charge on any atom is 0.244 e. The molecule has 0 bridgehead atoms. The maximum absolute atomic E-state index is 12.8. The summed E-state index contributed by atoms with van der Waals surface area (Å²) in [6.07, 6.45) is 0.130. The van der Waals surface area contributed by atoms with Crippen molar-refractivity contribution in [3.05, 3.63) is 60.2 Å². The molecule has 1 heterocycles. The molecule has 0 saturated carbocycles. The normalized spacial score (nSPS) is 21.9. The molecule has 2 aromatic rings. The molecule has 106 valence electrons. The molecule has 1 N–H and O–H groups in total. The van der Waals surface area contributed by atoms with Crippen LogP contribution in [0.3, 0.4) is 0 Å². The Hall–Kier alpha value is -2.62. The standard InChI is InChI=1S/C17H15NO3/c1-17(12-6-3-2-4-7-12)11-15(20)18(16(17)21)13-8-5-9-14(19)10-13/h2-10,19H,11H2,1H3. The molecule has 0 aromatic heterocycles. The van der Waals surface area contributed by atoms with Gasteiger partial charge in [0.25, 0.3) is 0 Å². The van der Waals surface area contributed by atoms with Gasteiger partial charge in [0.15, 0.2) is 0 Å². The lowest BCUT2D eigenvalue weighted by Gasteiger charge is -2.22. The van der Waals surface area contributed by atoms with Gasteiger partial charge in [-0.05, 0) is 24.6 Å². The van der Waals surface area contributed by atoms with Crippen molar-refractivity contribution < 1.29 is 14.7 Å². The van der Waals surface area contributed by atoms with E-state index in [0.717, 1.165) is 10.5 Å². The molecule has 2 aromatic carbocycles. The smallest absolute Gasteiger partial charge is 0.244 e. The number of imide groups is 1. The van der Waals surface area contributed by atoms with Crippen molar-refractivity contribution in [1.82, 2.24) is 0 Å². The van der Waals surface area contributed by atoms with Crippen LogP contribution >= 0.6 is 0 Å². The van der Waals surface area contributed by atoms with E-state index in [0.29, 0.717) is 5.69 Å². The first kappa shape index (κ1) is 13.4. The number of phenols is 1. The number of nitrogens with zero attached hydrogens (tertiary/aromatic N) is 1. The third kappa shape index (κ3) is 2.09. The maximum atomic E-state index is 12.8. The van der Waals surface area contributed by atoms with E-state index in [1.807, 2.05) is 30.3 Å². The molecule has 1 atom stereocenters. The first-order valence-corrected chi connectivity index (χ1v) is 6.74. The molecule has 1 aliphatic rings. The van der Waals surface area contributed by atoms with Crippen LogP contribution in [0.4, 0.5) is 5.69 Å². The minimum absolute atomic E-state index is 0.0291. The van der Waals surface area contributed by atoms with Gasteiger partial charge in [-0.25, -0.2) is 4.90 Å². The van der Waals surface area contributed by atoms with Crippen LogP contribution in [0.15, 0.2) is 54.6 Å². The molecule has 4 heteroatoms. The van der Waals surface area contributed by atoms with E-state index in [2.05, 4.69) is 0 Å². The van der Waals surface area contributed by atoms with Crippen LogP contribution in [0.25, 0.3) is 0 Å². The fourth-order valence-electron chi connectivity index (χ4n) is 2.74. The van der Waals surface area contributed by atoms with E-state index in [-0.39, 0.29) is 24.0 Å². The van der Waals surface area contributed by atoms with Crippen molar-refractivity contribution in [1.29, 1.82) is 0 Å². The van der Waals surface area contributed by atoms with Crippen molar-refractivity contribution in [3.63, 3.8) is 0 Å². The zero-order valence-corrected chi connectivity index (χ0v) is 11.6. The summed E-state index contributed by atoms with van der Waals surface area (Å²) in [4.78, 5) is 26.2. The van der Waals surface area contributed by atoms with Gasteiger partial charge in [0.05, 0.1) is 11.1 Å². The van der Waals surface area contributed by atoms with Gasteiger partial charge in [0.1, 0.15) is 5.75 Å². The molecule has 4 nitrogen and oxygen atoms in total. The molecule has 1 fully saturated rings. The molecular weight excluding hydrogens is 266 g/mol. The van der Waals surface area contributed by atoms with Gasteiger partial charge in [-0.1, -0.05) is 36.4 Å². The Labute approximate surface area is 122 Å². The number of phenolic OH excluding ortho intramolecular Hbond substituents is 1. The lowest BCUT2D eigenvalue weighted by atomic mass is 9.81. The highest BCUT2D eigenvalue weighted by Crippen LogP contribution is 2.39. The number of rotatable bonds is 2. The molecule has 0 aliphatic carbocycles. The minimum atomic E-state index is -0.857. The van der Waals surface area contributed by atoms with Gasteiger partial charge < -0.3 is 5.11 Å². The van der Waals surface area contributed by atoms with E-state index < -0.39 is 5.41 Å². The second-order valence-electron chi connectivity index (χ2n) is 5.43. The number of benzene rings is 2. The first-order chi connectivity index (χ1) is 10.0. The summed E-state index contributed by atoms with van der Waals surface area (Å²) in [5.41, 5.74) is 0.375. The average Bonchev–Trinajstić information content (AvgIpc) is 2.71. The van der Waals surface area contributed by atoms with Gasteiger partial charge in [-0.15, -0.1) is 0 Å². The van der Waals surface area contributed by atoms with Gasteiger partial charge in [0.2, 0.25) is 11.8 Å². The highest BCUT2D eigenvalue weighted by Gasteiger charge is 2.49. The highest BCUT2D eigenvalue weighted by atomic mass is 16.3. The summed E-state index contributed by atoms with van der Waals surface area (Å²) in [5, 5.41) is 9.54. The quantitative estimate of drug-likeness (QED) is 0.861. The monoisotopic (exact) mass is 281 g/mol. The number of anilines is 1. The Balaban J connectivity index is 2.04. The third-order valence-electron chi connectivity index (χ3n) is 3.93. The molecule has 0 spiro atoms. The van der Waals surface area contributed by atoms with E-state index in [4.69, 9.17) is 0 Å². The fraction of sp³-hybridized carbons (Fsp3) is 0.176. The predicted molar refractivity (Wildman–Crippen MR) is 79.0 cm³/mol. The van der Waals surface area contributed by atoms with Crippen molar-refractivity contribution in [2.75, 3.05) is 4.90 Å². The number of amides is 2. The lowest BCUT2D eigenvalue weighted by Crippen LogP contribution is -2.36. The molecule has 0 radical (unpaired) electrons. The van der Waals surface area contributed by atoms with Gasteiger partial charge >= 0.3 is 0 Å². The Morgan fingerprint density at radius 1 is 1.05 bits per heavy atom. The lowest BCUT2D eigenvalue weighted by molar-refractivity contribution is -0.122. The largest absolute Gasteiger partial charge is 0.508 e. The van der Waals surface area contributed by atoms with Gasteiger partial charge in [-0.3, -0.25) is 9.59 Å². The summed E-state index contributed by atoms with van der Waals surface area (Å²) < 4.78 is 0. The van der Waals surface area contributed by atoms with E-state index in [1.54, 1.807) is 19.1 Å². The average molecular weight is 281 g/mol. The first-order valence-electron chi connectivity index (χ1n) is 6.74. The van der Waals surface area contributed by atoms with Crippen LogP contribution < -0.4 is 4.90 Å². The summed E-state index contributed by atoms with van der Waals surface area (Å²) in [7, 11) is 0. The van der Waals surface area contributed by atoms with Gasteiger partial charge in [0, 0.05) is 12.5 Å². The molecule has 3 rings (SSSR count). The predicted octanol–water partition coefficient (Wildman–Crippen LogP) is 2.61. The summed E-state index contributed by atoms with van der Waals surface area (Å²) in [6.45, 7) is 1.78. The minimum Gasteiger partial charge on any atom is -0.508 e. The van der Waals surface area contributed by atoms with E-state index in [1.165, 1.54) is 12.1 Å². The van der Waals surface area contributed by atoms with Crippen LogP contribution in [0.2, 0.25) is 0 Å². The highest BCUT2D eigenvalue weighted by molar-refractivity contribution is 6.24. The van der Waals surface area contributed by atoms with Crippen molar-refractivity contribution in [2.45, 2.75) is 18.8 Å². The van der Waals surface area contributed by atoms with Crippen LogP contribution in [-0.4, -0.2) is 16.9 Å². The zero-order chi connectivity index (χ0) is 15.0. The Morgan fingerprint density at radius 2 is 1.76 bits per heavy atom. The number of carbonyl (C=O) groups is 2. The summed E-state index contributed by atoms with van der Waals surface area (Å²) in [6, 6.07) is 15.5. The topological polar surface area (TPSA) is 57.6 Å². The molecular formula is C17H15NO3. The second-order valence-corrected chi connectivity index (χ2v) is 5.43.